The lowest BCUT2D eigenvalue weighted by molar-refractivity contribution is -0.130. The molecule has 1 heterocycles. The molecule has 0 aromatic heterocycles. The Morgan fingerprint density at radius 1 is 1.00 bits per heavy atom. The van der Waals surface area contributed by atoms with Crippen molar-refractivity contribution >= 4 is 17.6 Å². The Morgan fingerprint density at radius 3 is 2.23 bits per heavy atom. The molecule has 1 saturated heterocycles. The maximum absolute atomic E-state index is 13.3. The fraction of sp³-hybridized carbons (Fsp3) is 0.250. The average molecular weight is 473 g/mol. The number of nitrogens with one attached hydrogen (secondary N) is 2. The molecule has 0 radical (unpaired) electrons. The molecule has 3 aromatic carbocycles. The summed E-state index contributed by atoms with van der Waals surface area (Å²) in [5.41, 5.74) is 1.99. The number of hydrogen-bond acceptors (Lipinski definition) is 5. The molecule has 3 N–H and O–H groups in total. The van der Waals surface area contributed by atoms with E-state index in [9.17, 15) is 19.5 Å². The molecule has 2 amide bonds. The van der Waals surface area contributed by atoms with Crippen LogP contribution in [0.15, 0.2) is 78.9 Å². The van der Waals surface area contributed by atoms with Crippen LogP contribution in [0.5, 0.6) is 5.75 Å². The molecule has 0 bridgehead atoms. The summed E-state index contributed by atoms with van der Waals surface area (Å²) < 4.78 is 5.41. The van der Waals surface area contributed by atoms with Crippen molar-refractivity contribution in [1.29, 1.82) is 0 Å². The summed E-state index contributed by atoms with van der Waals surface area (Å²) in [4.78, 5) is 38.8. The van der Waals surface area contributed by atoms with Crippen LogP contribution in [0.3, 0.4) is 0 Å². The maximum Gasteiger partial charge on any atom is 0.251 e. The molecule has 35 heavy (non-hydrogen) atoms. The van der Waals surface area contributed by atoms with Gasteiger partial charge in [-0.05, 0) is 54.8 Å². The second-order valence-electron chi connectivity index (χ2n) is 8.91. The predicted octanol–water partition coefficient (Wildman–Crippen LogP) is 3.26. The number of hydrogen-bond donors (Lipinski definition) is 3. The van der Waals surface area contributed by atoms with Crippen molar-refractivity contribution in [2.24, 2.45) is 0 Å². The first-order valence-electron chi connectivity index (χ1n) is 11.5. The predicted molar refractivity (Wildman–Crippen MR) is 132 cm³/mol. The monoisotopic (exact) mass is 472 g/mol. The number of carbonyl (C=O) groups is 3. The van der Waals surface area contributed by atoms with Crippen molar-refractivity contribution in [2.45, 2.75) is 38.0 Å². The average Bonchev–Trinajstić information content (AvgIpc) is 3.12. The summed E-state index contributed by atoms with van der Waals surface area (Å²) in [5.74, 6) is -1.01. The molecular weight excluding hydrogens is 444 g/mol. The quantitative estimate of drug-likeness (QED) is 0.490. The van der Waals surface area contributed by atoms with E-state index in [0.29, 0.717) is 5.56 Å². The minimum absolute atomic E-state index is 0.0688. The third-order valence-electron chi connectivity index (χ3n) is 6.49. The molecule has 7 heteroatoms. The van der Waals surface area contributed by atoms with E-state index in [0.717, 1.165) is 16.7 Å². The van der Waals surface area contributed by atoms with Crippen LogP contribution in [0.25, 0.3) is 11.1 Å². The van der Waals surface area contributed by atoms with Crippen molar-refractivity contribution in [2.75, 3.05) is 6.61 Å². The minimum atomic E-state index is -1.17. The van der Waals surface area contributed by atoms with Crippen LogP contribution >= 0.6 is 0 Å². The number of carbonyl (C=O) groups excluding carboxylic acids is 3. The Kier molecular flexibility index (Phi) is 6.98. The first-order chi connectivity index (χ1) is 16.8. The number of rotatable bonds is 7. The van der Waals surface area contributed by atoms with Gasteiger partial charge in [0.15, 0.2) is 5.78 Å². The molecule has 0 spiro atoms. The van der Waals surface area contributed by atoms with E-state index in [1.54, 1.807) is 38.1 Å². The number of ketones is 1. The van der Waals surface area contributed by atoms with E-state index in [1.807, 2.05) is 42.5 Å². The molecule has 0 unspecified atom stereocenters. The largest absolute Gasteiger partial charge is 0.508 e. The van der Waals surface area contributed by atoms with Crippen LogP contribution in [0.4, 0.5) is 0 Å². The molecule has 0 aliphatic carbocycles. The van der Waals surface area contributed by atoms with Gasteiger partial charge in [-0.3, -0.25) is 14.4 Å². The Hall–Kier alpha value is -3.97. The van der Waals surface area contributed by atoms with Gasteiger partial charge in [0.2, 0.25) is 5.91 Å². The van der Waals surface area contributed by atoms with Crippen molar-refractivity contribution < 1.29 is 24.2 Å². The van der Waals surface area contributed by atoms with E-state index >= 15 is 0 Å². The second-order valence-corrected chi connectivity index (χ2v) is 8.91. The lowest BCUT2D eigenvalue weighted by Crippen LogP contribution is -2.60. The molecular formula is C28H28N2O5. The Balaban J connectivity index is 1.53. The fourth-order valence-electron chi connectivity index (χ4n) is 4.02. The fourth-order valence-corrected chi connectivity index (χ4v) is 4.02. The molecule has 3 atom stereocenters. The number of phenols is 1. The van der Waals surface area contributed by atoms with Crippen LogP contribution in [-0.2, 0) is 20.7 Å². The van der Waals surface area contributed by atoms with Gasteiger partial charge in [-0.1, -0.05) is 54.6 Å². The van der Waals surface area contributed by atoms with Crippen molar-refractivity contribution in [3.05, 3.63) is 90.0 Å². The summed E-state index contributed by atoms with van der Waals surface area (Å²) in [6.45, 7) is 3.29. The van der Waals surface area contributed by atoms with Gasteiger partial charge >= 0.3 is 0 Å². The summed E-state index contributed by atoms with van der Waals surface area (Å²) in [6, 6.07) is 22.4. The van der Waals surface area contributed by atoms with E-state index < -0.39 is 29.5 Å². The maximum atomic E-state index is 13.3. The van der Waals surface area contributed by atoms with E-state index in [1.165, 1.54) is 12.1 Å². The molecule has 1 aliphatic heterocycles. The molecule has 1 fully saturated rings. The molecule has 3 aromatic rings. The van der Waals surface area contributed by atoms with Gasteiger partial charge in [0.25, 0.3) is 5.91 Å². The van der Waals surface area contributed by atoms with Crippen LogP contribution in [0.1, 0.15) is 29.8 Å². The normalized spacial score (nSPS) is 20.3. The number of Topliss-reactive ketones (excluding diaryl/α,β-unsaturated/α-hetero) is 1. The van der Waals surface area contributed by atoms with Gasteiger partial charge in [0, 0.05) is 12.0 Å². The van der Waals surface area contributed by atoms with Crippen molar-refractivity contribution in [3.63, 3.8) is 0 Å². The number of ether oxygens (including phenoxy) is 1. The van der Waals surface area contributed by atoms with Crippen LogP contribution in [0.2, 0.25) is 0 Å². The lowest BCUT2D eigenvalue weighted by Gasteiger charge is -2.30. The van der Waals surface area contributed by atoms with Crippen LogP contribution < -0.4 is 10.6 Å². The first-order valence-corrected chi connectivity index (χ1v) is 11.5. The molecule has 180 valence electrons. The first kappa shape index (κ1) is 24.2. The number of phenolic OH excluding ortho intramolecular Hbond substituents is 1. The number of amides is 2. The Bertz CT molecular complexity index is 1210. The van der Waals surface area contributed by atoms with Gasteiger partial charge in [-0.2, -0.15) is 0 Å². The zero-order chi connectivity index (χ0) is 25.0. The van der Waals surface area contributed by atoms with Gasteiger partial charge in [0.05, 0.1) is 6.10 Å². The highest BCUT2D eigenvalue weighted by molar-refractivity contribution is 6.00. The number of aromatic hydroxyl groups is 1. The molecule has 7 nitrogen and oxygen atoms in total. The van der Waals surface area contributed by atoms with E-state index in [-0.39, 0.29) is 24.6 Å². The van der Waals surface area contributed by atoms with Crippen LogP contribution in [-0.4, -0.2) is 47.0 Å². The second kappa shape index (κ2) is 10.1. The highest BCUT2D eigenvalue weighted by Gasteiger charge is 2.47. The standard InChI is InChI=1S/C28H28N2O5/c1-18-28(2,25(32)17-35-18)30-27(34)24(16-19-8-14-23(31)15-9-19)29-26(33)22-12-10-21(11-13-22)20-6-4-3-5-7-20/h3-15,18,24,31H,16-17H2,1-2H3,(H,29,33)(H,30,34)/t18-,24+,28-/m1/s1. The zero-order valence-electron chi connectivity index (χ0n) is 19.7. The lowest BCUT2D eigenvalue weighted by atomic mass is 9.92. The highest BCUT2D eigenvalue weighted by atomic mass is 16.5. The Labute approximate surface area is 204 Å². The zero-order valence-corrected chi connectivity index (χ0v) is 19.7. The van der Waals surface area contributed by atoms with Crippen molar-refractivity contribution in [3.8, 4) is 16.9 Å². The van der Waals surface area contributed by atoms with Gasteiger partial charge in [-0.25, -0.2) is 0 Å². The smallest absolute Gasteiger partial charge is 0.251 e. The topological polar surface area (TPSA) is 105 Å². The minimum Gasteiger partial charge on any atom is -0.508 e. The van der Waals surface area contributed by atoms with E-state index in [4.69, 9.17) is 4.74 Å². The molecule has 4 rings (SSSR count). The Morgan fingerprint density at radius 2 is 1.63 bits per heavy atom. The van der Waals surface area contributed by atoms with Gasteiger partial charge in [-0.15, -0.1) is 0 Å². The summed E-state index contributed by atoms with van der Waals surface area (Å²) in [7, 11) is 0. The molecule has 0 saturated carbocycles. The van der Waals surface area contributed by atoms with Gasteiger partial charge in [0.1, 0.15) is 23.9 Å². The summed E-state index contributed by atoms with van der Waals surface area (Å²) in [5, 5.41) is 15.2. The highest BCUT2D eigenvalue weighted by Crippen LogP contribution is 2.23. The molecule has 1 aliphatic rings. The third kappa shape index (κ3) is 5.41. The number of benzene rings is 3. The van der Waals surface area contributed by atoms with Crippen molar-refractivity contribution in [1.82, 2.24) is 10.6 Å². The summed E-state index contributed by atoms with van der Waals surface area (Å²) >= 11 is 0. The SMILES string of the molecule is C[C@H]1OCC(=O)[C@]1(C)NC(=O)[C@H](Cc1ccc(O)cc1)NC(=O)c1ccc(-c2ccccc2)cc1. The van der Waals surface area contributed by atoms with Crippen LogP contribution in [0, 0.1) is 0 Å². The summed E-state index contributed by atoms with van der Waals surface area (Å²) in [6.07, 6.45) is -0.311. The van der Waals surface area contributed by atoms with E-state index in [2.05, 4.69) is 10.6 Å². The third-order valence-corrected chi connectivity index (χ3v) is 6.49. The van der Waals surface area contributed by atoms with Gasteiger partial charge < -0.3 is 20.5 Å².